The molecule has 0 bridgehead atoms. The van der Waals surface area contributed by atoms with Crippen LogP contribution in [-0.2, 0) is 17.5 Å². The number of rotatable bonds is 7. The van der Waals surface area contributed by atoms with Gasteiger partial charge in [0.1, 0.15) is 18.2 Å². The molecule has 1 heterocycles. The van der Waals surface area contributed by atoms with Crippen molar-refractivity contribution in [2.45, 2.75) is 38.5 Å². The van der Waals surface area contributed by atoms with Crippen LogP contribution in [0, 0.1) is 24.5 Å². The van der Waals surface area contributed by atoms with Gasteiger partial charge < -0.3 is 15.4 Å². The number of amidine groups is 1. The molecule has 1 fully saturated rings. The Labute approximate surface area is 222 Å². The molecule has 204 valence electrons. The third-order valence-corrected chi connectivity index (χ3v) is 6.80. The van der Waals surface area contributed by atoms with Crippen molar-refractivity contribution in [1.82, 2.24) is 10.6 Å². The summed E-state index contributed by atoms with van der Waals surface area (Å²) >= 11 is 0. The Kier molecular flexibility index (Phi) is 7.29. The largest absolute Gasteiger partial charge is 0.463 e. The lowest BCUT2D eigenvalue weighted by Crippen LogP contribution is -2.30. The van der Waals surface area contributed by atoms with E-state index in [1.165, 1.54) is 18.2 Å². The molecule has 2 aliphatic rings. The van der Waals surface area contributed by atoms with Crippen LogP contribution in [0.2, 0.25) is 0 Å². The predicted octanol–water partition coefficient (Wildman–Crippen LogP) is 6.32. The van der Waals surface area contributed by atoms with Gasteiger partial charge in [0, 0.05) is 12.1 Å². The quantitative estimate of drug-likeness (QED) is 0.343. The summed E-state index contributed by atoms with van der Waals surface area (Å²) in [6.07, 6.45) is -3.02. The summed E-state index contributed by atoms with van der Waals surface area (Å²) in [7, 11) is 0. The van der Waals surface area contributed by atoms with E-state index in [2.05, 4.69) is 15.6 Å². The minimum absolute atomic E-state index is 0.113. The van der Waals surface area contributed by atoms with Crippen LogP contribution in [0.5, 0.6) is 0 Å². The molecule has 39 heavy (non-hydrogen) atoms. The number of nitrogens with zero attached hydrogens (tertiary/aromatic N) is 1. The van der Waals surface area contributed by atoms with Gasteiger partial charge in [-0.2, -0.15) is 13.2 Å². The lowest BCUT2D eigenvalue weighted by Gasteiger charge is -2.21. The molecule has 0 radical (unpaired) electrons. The number of carbonyl (C=O) groups excluding carboxylic acids is 1. The van der Waals surface area contributed by atoms with Gasteiger partial charge in [0.15, 0.2) is 0 Å². The van der Waals surface area contributed by atoms with Gasteiger partial charge in [-0.15, -0.1) is 0 Å². The molecule has 1 aliphatic carbocycles. The van der Waals surface area contributed by atoms with Crippen LogP contribution in [0.3, 0.4) is 0 Å². The Morgan fingerprint density at radius 2 is 1.87 bits per heavy atom. The highest BCUT2D eigenvalue weighted by molar-refractivity contribution is 5.96. The van der Waals surface area contributed by atoms with E-state index in [0.717, 1.165) is 30.5 Å². The van der Waals surface area contributed by atoms with E-state index in [4.69, 9.17) is 4.74 Å². The van der Waals surface area contributed by atoms with Crippen molar-refractivity contribution in [3.63, 3.8) is 0 Å². The molecule has 0 saturated heterocycles. The van der Waals surface area contributed by atoms with Crippen LogP contribution in [0.15, 0.2) is 59.6 Å². The smallest absolute Gasteiger partial charge is 0.417 e. The number of benzene rings is 3. The SMILES string of the molecule is Cc1cc(C(NC(=O)c2cc(CNC3=NCCO3)cc(-c3ccc(F)cc3C(F)(F)F)c2)C2CC2)ccc1F. The summed E-state index contributed by atoms with van der Waals surface area (Å²) in [4.78, 5) is 17.7. The minimum Gasteiger partial charge on any atom is -0.463 e. The zero-order valence-corrected chi connectivity index (χ0v) is 21.0. The first-order chi connectivity index (χ1) is 18.6. The number of aryl methyl sites for hydroxylation is 1. The van der Waals surface area contributed by atoms with Gasteiger partial charge in [-0.3, -0.25) is 4.79 Å². The number of amides is 1. The van der Waals surface area contributed by atoms with E-state index in [9.17, 15) is 26.7 Å². The number of alkyl halides is 3. The molecule has 5 rings (SSSR count). The average molecular weight is 544 g/mol. The normalized spacial score (nSPS) is 15.9. The van der Waals surface area contributed by atoms with Crippen LogP contribution in [-0.4, -0.2) is 25.1 Å². The fourth-order valence-corrected chi connectivity index (χ4v) is 4.69. The maximum absolute atomic E-state index is 13.9. The van der Waals surface area contributed by atoms with E-state index < -0.39 is 23.5 Å². The first-order valence-electron chi connectivity index (χ1n) is 12.6. The third-order valence-electron chi connectivity index (χ3n) is 6.80. The zero-order valence-electron chi connectivity index (χ0n) is 21.0. The Morgan fingerprint density at radius 3 is 2.54 bits per heavy atom. The predicted molar refractivity (Wildman–Crippen MR) is 136 cm³/mol. The van der Waals surface area contributed by atoms with E-state index in [-0.39, 0.29) is 41.0 Å². The van der Waals surface area contributed by atoms with Gasteiger partial charge in [-0.1, -0.05) is 18.2 Å². The molecule has 1 amide bonds. The Balaban J connectivity index is 1.51. The second-order valence-electron chi connectivity index (χ2n) is 9.79. The number of halogens is 5. The minimum atomic E-state index is -4.81. The lowest BCUT2D eigenvalue weighted by molar-refractivity contribution is -0.137. The number of aliphatic imine (C=N–C) groups is 1. The van der Waals surface area contributed by atoms with Gasteiger partial charge >= 0.3 is 6.18 Å². The molecule has 5 nitrogen and oxygen atoms in total. The number of hydrogen-bond donors (Lipinski definition) is 2. The summed E-state index contributed by atoms with van der Waals surface area (Å²) in [5.74, 6) is -1.67. The van der Waals surface area contributed by atoms with Crippen LogP contribution in [0.4, 0.5) is 22.0 Å². The zero-order chi connectivity index (χ0) is 27.7. The summed E-state index contributed by atoms with van der Waals surface area (Å²) in [5, 5.41) is 5.98. The van der Waals surface area contributed by atoms with Gasteiger partial charge in [0.05, 0.1) is 18.2 Å². The molecule has 1 aliphatic heterocycles. The number of ether oxygens (including phenoxy) is 1. The van der Waals surface area contributed by atoms with Crippen LogP contribution < -0.4 is 10.6 Å². The highest BCUT2D eigenvalue weighted by Crippen LogP contribution is 2.42. The Morgan fingerprint density at radius 1 is 1.08 bits per heavy atom. The molecule has 1 unspecified atom stereocenters. The highest BCUT2D eigenvalue weighted by Gasteiger charge is 2.35. The van der Waals surface area contributed by atoms with Gasteiger partial charge in [-0.05, 0) is 89.9 Å². The summed E-state index contributed by atoms with van der Waals surface area (Å²) in [6, 6.07) is 11.5. The average Bonchev–Trinajstić information content (AvgIpc) is 3.60. The Hall–Kier alpha value is -3.95. The second kappa shape index (κ2) is 10.7. The van der Waals surface area contributed by atoms with Crippen molar-refractivity contribution in [1.29, 1.82) is 0 Å². The summed E-state index contributed by atoms with van der Waals surface area (Å²) in [6.45, 7) is 2.70. The summed E-state index contributed by atoms with van der Waals surface area (Å²) < 4.78 is 74.5. The third kappa shape index (κ3) is 6.21. The van der Waals surface area contributed by atoms with E-state index in [1.54, 1.807) is 25.1 Å². The van der Waals surface area contributed by atoms with Crippen molar-refractivity contribution >= 4 is 11.9 Å². The monoisotopic (exact) mass is 543 g/mol. The molecule has 1 saturated carbocycles. The van der Waals surface area contributed by atoms with E-state index in [1.807, 2.05) is 0 Å². The standard InChI is InChI=1S/C29H26F5N3O2/c1-16-10-19(4-7-25(16)31)26(18-2-3-18)37-27(38)21-12-17(15-36-28-35-8-9-39-28)11-20(13-21)23-6-5-22(30)14-24(23)29(32,33)34/h4-7,10-14,18,26H,2-3,8-9,15H2,1H3,(H,35,36)(H,37,38). The lowest BCUT2D eigenvalue weighted by atomic mass is 9.94. The fraction of sp³-hybridized carbons (Fsp3) is 0.310. The fourth-order valence-electron chi connectivity index (χ4n) is 4.69. The maximum atomic E-state index is 13.9. The highest BCUT2D eigenvalue weighted by atomic mass is 19.4. The van der Waals surface area contributed by atoms with Crippen molar-refractivity contribution in [3.8, 4) is 11.1 Å². The molecule has 0 spiro atoms. The molecule has 10 heteroatoms. The molecule has 3 aromatic carbocycles. The topological polar surface area (TPSA) is 62.7 Å². The van der Waals surface area contributed by atoms with Gasteiger partial charge in [-0.25, -0.2) is 13.8 Å². The molecular weight excluding hydrogens is 517 g/mol. The number of hydrogen-bond acceptors (Lipinski definition) is 4. The van der Waals surface area contributed by atoms with Gasteiger partial charge in [0.2, 0.25) is 0 Å². The molecule has 2 N–H and O–H groups in total. The van der Waals surface area contributed by atoms with Crippen LogP contribution >= 0.6 is 0 Å². The summed E-state index contributed by atoms with van der Waals surface area (Å²) in [5.41, 5.74) is 0.589. The molecule has 1 atom stereocenters. The van der Waals surface area contributed by atoms with Crippen LogP contribution in [0.25, 0.3) is 11.1 Å². The molecule has 3 aromatic rings. The van der Waals surface area contributed by atoms with E-state index in [0.29, 0.717) is 36.4 Å². The van der Waals surface area contributed by atoms with Crippen molar-refractivity contribution < 1.29 is 31.5 Å². The number of nitrogens with one attached hydrogen (secondary N) is 2. The maximum Gasteiger partial charge on any atom is 0.417 e. The van der Waals surface area contributed by atoms with E-state index >= 15 is 0 Å². The molecular formula is C29H26F5N3O2. The number of carbonyl (C=O) groups is 1. The first kappa shape index (κ1) is 26.6. The molecule has 0 aromatic heterocycles. The Bertz CT molecular complexity index is 1430. The first-order valence-corrected chi connectivity index (χ1v) is 12.6. The van der Waals surface area contributed by atoms with Crippen molar-refractivity contribution in [2.75, 3.05) is 13.2 Å². The van der Waals surface area contributed by atoms with Crippen molar-refractivity contribution in [2.24, 2.45) is 10.9 Å². The van der Waals surface area contributed by atoms with Crippen LogP contribution in [0.1, 0.15) is 51.5 Å². The van der Waals surface area contributed by atoms with Crippen molar-refractivity contribution in [3.05, 3.63) is 94.0 Å². The van der Waals surface area contributed by atoms with Gasteiger partial charge in [0.25, 0.3) is 11.9 Å². The second-order valence-corrected chi connectivity index (χ2v) is 9.79.